The molecule has 1 aliphatic heterocycles. The largest absolute Gasteiger partial charge is 0.490 e. The Morgan fingerprint density at radius 2 is 2.02 bits per heavy atom. The number of aromatic amines is 1. The number of amides is 1. The van der Waals surface area contributed by atoms with Gasteiger partial charge in [0, 0.05) is 35.8 Å². The van der Waals surface area contributed by atoms with Gasteiger partial charge in [-0.3, -0.25) is 4.79 Å². The van der Waals surface area contributed by atoms with Crippen LogP contribution in [0.1, 0.15) is 19.4 Å². The third-order valence-electron chi connectivity index (χ3n) is 6.25. The van der Waals surface area contributed by atoms with E-state index in [9.17, 15) is 15.2 Å². The van der Waals surface area contributed by atoms with E-state index in [0.717, 1.165) is 12.1 Å². The molecule has 0 bridgehead atoms. The van der Waals surface area contributed by atoms with Crippen molar-refractivity contribution in [2.45, 2.75) is 25.5 Å². The number of aliphatic hydroxyl groups is 1. The number of amidine groups is 1. The molecular weight excluding hydrogens is 538 g/mol. The number of aliphatic imine (C=N–C) groups is 1. The monoisotopic (exact) mass is 562 g/mol. The van der Waals surface area contributed by atoms with Gasteiger partial charge in [0.2, 0.25) is 5.54 Å². The Labute approximate surface area is 232 Å². The lowest BCUT2D eigenvalue weighted by Gasteiger charge is -2.15. The van der Waals surface area contributed by atoms with Crippen LogP contribution in [0.4, 0.5) is 14.5 Å². The van der Waals surface area contributed by atoms with Gasteiger partial charge in [-0.15, -0.1) is 0 Å². The number of aliphatic hydroxyl groups excluding tert-OH is 1. The molecule has 5 rings (SSSR count). The summed E-state index contributed by atoms with van der Waals surface area (Å²) in [5.74, 6) is -3.12. The van der Waals surface area contributed by atoms with E-state index in [1.54, 1.807) is 24.4 Å². The third kappa shape index (κ3) is 5.20. The Morgan fingerprint density at radius 3 is 2.66 bits per heavy atom. The number of H-pyrrole nitrogens is 1. The van der Waals surface area contributed by atoms with Gasteiger partial charge in [0.1, 0.15) is 29.8 Å². The molecule has 11 nitrogen and oxygen atoms in total. The Hall–Kier alpha value is -5.22. The lowest BCUT2D eigenvalue weighted by atomic mass is 10.0. The molecular formula is C28H24F2N6O5. The average Bonchev–Trinajstić information content (AvgIpc) is 3.56. The van der Waals surface area contributed by atoms with E-state index in [1.165, 1.54) is 12.3 Å². The fourth-order valence-electron chi connectivity index (χ4n) is 4.24. The van der Waals surface area contributed by atoms with Crippen molar-refractivity contribution in [3.8, 4) is 34.4 Å². The standard InChI is InChI=1S/C28H24F2N6O5/c1-14(2)40-21-4-3-15(7-16(21)10-31)18-11-34-25-23(18)22(5-6-33-25)41-24-19(29)8-17(9-20(24)30)35-27-36-28(12-37,13-39-27)26(32)38/h3-9,11,14,37H,12-13H2,1-2H3,(H2,32,38)(H,33,34)(H,35,36)/t28-/m1/s1. The predicted molar refractivity (Wildman–Crippen MR) is 144 cm³/mol. The van der Waals surface area contributed by atoms with Crippen LogP contribution in [0.5, 0.6) is 17.2 Å². The van der Waals surface area contributed by atoms with Crippen molar-refractivity contribution < 1.29 is 32.9 Å². The van der Waals surface area contributed by atoms with Crippen LogP contribution < -0.4 is 20.5 Å². The van der Waals surface area contributed by atoms with Crippen molar-refractivity contribution in [2.75, 3.05) is 18.5 Å². The number of aromatic nitrogens is 2. The molecule has 1 atom stereocenters. The first kappa shape index (κ1) is 27.4. The number of hydrogen-bond acceptors (Lipinski definition) is 9. The molecule has 2 aromatic heterocycles. The second-order valence-corrected chi connectivity index (χ2v) is 9.48. The van der Waals surface area contributed by atoms with Crippen LogP contribution in [0, 0.1) is 23.0 Å². The molecule has 1 amide bonds. The number of ether oxygens (including phenoxy) is 3. The number of hydrogen-bond donors (Lipinski definition) is 4. The SMILES string of the molecule is CC(C)Oc1ccc(-c2c[nH]c3nccc(Oc4c(F)cc(NC5=N[C@@](CO)(C(N)=O)CO5)cc4F)c23)cc1C#N. The first-order valence-corrected chi connectivity index (χ1v) is 12.4. The molecule has 0 saturated carbocycles. The van der Waals surface area contributed by atoms with Crippen LogP contribution in [-0.2, 0) is 9.53 Å². The van der Waals surface area contributed by atoms with Gasteiger partial charge >= 0.3 is 0 Å². The lowest BCUT2D eigenvalue weighted by molar-refractivity contribution is -0.124. The van der Waals surface area contributed by atoms with Crippen molar-refractivity contribution in [1.29, 1.82) is 5.26 Å². The molecule has 41 heavy (non-hydrogen) atoms. The smallest absolute Gasteiger partial charge is 0.290 e. The highest BCUT2D eigenvalue weighted by atomic mass is 19.1. The average molecular weight is 563 g/mol. The van der Waals surface area contributed by atoms with Crippen molar-refractivity contribution in [3.63, 3.8) is 0 Å². The summed E-state index contributed by atoms with van der Waals surface area (Å²) in [6.45, 7) is 2.69. The van der Waals surface area contributed by atoms with Crippen molar-refractivity contribution in [3.05, 3.63) is 66.0 Å². The molecule has 1 aliphatic rings. The van der Waals surface area contributed by atoms with Gasteiger partial charge < -0.3 is 35.4 Å². The molecule has 2 aromatic carbocycles. The number of pyridine rings is 1. The minimum atomic E-state index is -1.68. The fourth-order valence-corrected chi connectivity index (χ4v) is 4.24. The predicted octanol–water partition coefficient (Wildman–Crippen LogP) is 3.97. The van der Waals surface area contributed by atoms with E-state index in [0.29, 0.717) is 33.5 Å². The molecule has 0 aliphatic carbocycles. The van der Waals surface area contributed by atoms with E-state index in [4.69, 9.17) is 19.9 Å². The Morgan fingerprint density at radius 1 is 1.27 bits per heavy atom. The van der Waals surface area contributed by atoms with E-state index in [1.807, 2.05) is 13.8 Å². The summed E-state index contributed by atoms with van der Waals surface area (Å²) in [7, 11) is 0. The summed E-state index contributed by atoms with van der Waals surface area (Å²) >= 11 is 0. The van der Waals surface area contributed by atoms with Gasteiger partial charge in [-0.05, 0) is 37.6 Å². The lowest BCUT2D eigenvalue weighted by Crippen LogP contribution is -2.46. The van der Waals surface area contributed by atoms with E-state index in [-0.39, 0.29) is 30.2 Å². The first-order chi connectivity index (χ1) is 19.6. The molecule has 5 N–H and O–H groups in total. The van der Waals surface area contributed by atoms with Gasteiger partial charge in [0.25, 0.3) is 11.9 Å². The van der Waals surface area contributed by atoms with Gasteiger partial charge in [0.05, 0.1) is 23.7 Å². The van der Waals surface area contributed by atoms with Gasteiger partial charge in [-0.25, -0.2) is 18.8 Å². The molecule has 0 saturated heterocycles. The number of nitrogens with one attached hydrogen (secondary N) is 2. The maximum atomic E-state index is 15.1. The summed E-state index contributed by atoms with van der Waals surface area (Å²) in [5.41, 5.74) is 5.46. The van der Waals surface area contributed by atoms with Crippen LogP contribution in [-0.4, -0.2) is 51.9 Å². The minimum Gasteiger partial charge on any atom is -0.490 e. The number of carbonyl (C=O) groups is 1. The molecule has 3 heterocycles. The van der Waals surface area contributed by atoms with Crippen LogP contribution in [0.15, 0.2) is 53.8 Å². The summed E-state index contributed by atoms with van der Waals surface area (Å²) in [4.78, 5) is 22.9. The maximum absolute atomic E-state index is 15.1. The highest BCUT2D eigenvalue weighted by molar-refractivity contribution is 5.99. The molecule has 0 spiro atoms. The van der Waals surface area contributed by atoms with Gasteiger partial charge in [-0.2, -0.15) is 5.26 Å². The molecule has 4 aromatic rings. The summed E-state index contributed by atoms with van der Waals surface area (Å²) < 4.78 is 46.9. The molecule has 0 radical (unpaired) electrons. The number of carbonyl (C=O) groups excluding carboxylic acids is 1. The molecule has 0 unspecified atom stereocenters. The van der Waals surface area contributed by atoms with Crippen LogP contribution in [0.25, 0.3) is 22.2 Å². The Balaban J connectivity index is 1.46. The summed E-state index contributed by atoms with van der Waals surface area (Å²) in [5, 5.41) is 22.1. The Kier molecular flexibility index (Phi) is 7.17. The highest BCUT2D eigenvalue weighted by Crippen LogP contribution is 2.39. The quantitative estimate of drug-likeness (QED) is 0.250. The number of rotatable bonds is 8. The number of halogens is 2. The zero-order valence-electron chi connectivity index (χ0n) is 21.9. The Bertz CT molecular complexity index is 1710. The van der Waals surface area contributed by atoms with Crippen molar-refractivity contribution in [2.24, 2.45) is 10.7 Å². The minimum absolute atomic E-state index is 0.0840. The molecule has 13 heteroatoms. The van der Waals surface area contributed by atoms with E-state index >= 15 is 8.78 Å². The zero-order valence-corrected chi connectivity index (χ0v) is 21.9. The number of fused-ring (bicyclic) bond motifs is 1. The summed E-state index contributed by atoms with van der Waals surface area (Å²) in [6.07, 6.45) is 2.95. The third-order valence-corrected chi connectivity index (χ3v) is 6.25. The van der Waals surface area contributed by atoms with E-state index in [2.05, 4.69) is 26.3 Å². The number of nitriles is 1. The highest BCUT2D eigenvalue weighted by Gasteiger charge is 2.42. The number of primary amides is 1. The molecule has 210 valence electrons. The maximum Gasteiger partial charge on any atom is 0.290 e. The van der Waals surface area contributed by atoms with Gasteiger partial charge in [-0.1, -0.05) is 6.07 Å². The number of benzene rings is 2. The van der Waals surface area contributed by atoms with E-state index < -0.39 is 35.4 Å². The number of anilines is 1. The van der Waals surface area contributed by atoms with Crippen LogP contribution in [0.2, 0.25) is 0 Å². The van der Waals surface area contributed by atoms with Crippen LogP contribution >= 0.6 is 0 Å². The topological polar surface area (TPSA) is 168 Å². The van der Waals surface area contributed by atoms with Crippen molar-refractivity contribution >= 4 is 28.6 Å². The summed E-state index contributed by atoms with van der Waals surface area (Å²) in [6, 6.07) is 10.4. The second kappa shape index (κ2) is 10.7. The zero-order chi connectivity index (χ0) is 29.3. The van der Waals surface area contributed by atoms with Gasteiger partial charge in [0.15, 0.2) is 17.4 Å². The first-order valence-electron chi connectivity index (χ1n) is 12.4. The second-order valence-electron chi connectivity index (χ2n) is 9.48. The molecule has 0 fully saturated rings. The normalized spacial score (nSPS) is 16.3. The number of nitrogens with two attached hydrogens (primary N) is 1. The van der Waals surface area contributed by atoms with Crippen molar-refractivity contribution in [1.82, 2.24) is 9.97 Å². The van der Waals surface area contributed by atoms with Crippen LogP contribution in [0.3, 0.4) is 0 Å². The fraction of sp³-hybridized carbons (Fsp3) is 0.214. The number of nitrogens with zero attached hydrogens (tertiary/aromatic N) is 3.